The number of carbonyl (C=O) groups excluding carboxylic acids is 1. The lowest BCUT2D eigenvalue weighted by atomic mass is 10.00. The molecule has 0 fully saturated rings. The Labute approximate surface area is 72.1 Å². The van der Waals surface area contributed by atoms with Crippen LogP contribution in [0, 0.1) is 11.3 Å². The van der Waals surface area contributed by atoms with Gasteiger partial charge in [-0.1, -0.05) is 0 Å². The normalized spacial score (nSPS) is 16.0. The first kappa shape index (κ1) is 11.9. The molecule has 0 amide bonds. The first-order chi connectivity index (χ1) is 5.73. The van der Waals surface area contributed by atoms with Crippen molar-refractivity contribution in [3.63, 3.8) is 0 Å². The average molecular weight is 197 g/mol. The van der Waals surface area contributed by atoms with E-state index >= 15 is 0 Å². The molecule has 0 rings (SSSR count). The van der Waals surface area contributed by atoms with Crippen molar-refractivity contribution in [1.82, 2.24) is 0 Å². The maximum absolute atomic E-state index is 12.7. The van der Waals surface area contributed by atoms with E-state index in [2.05, 4.69) is 0 Å². The zero-order valence-electron chi connectivity index (χ0n) is 6.78. The Bertz CT molecular complexity index is 242. The molecule has 6 heteroatoms. The van der Waals surface area contributed by atoms with Gasteiger partial charge in [0.05, 0.1) is 0 Å². The van der Waals surface area contributed by atoms with Crippen molar-refractivity contribution in [1.29, 1.82) is 5.26 Å². The molecule has 0 aliphatic heterocycles. The van der Waals surface area contributed by atoms with E-state index in [0.29, 0.717) is 6.07 Å². The summed E-state index contributed by atoms with van der Waals surface area (Å²) < 4.78 is 48.3. The molecule has 0 bridgehead atoms. The number of Topliss-reactive ketones (excluding diaryl/α,β-unsaturated/α-hetero) is 1. The second kappa shape index (κ2) is 3.73. The van der Waals surface area contributed by atoms with Crippen molar-refractivity contribution in [2.75, 3.05) is 0 Å². The molecule has 1 unspecified atom stereocenters. The van der Waals surface area contributed by atoms with Gasteiger partial charge in [0.15, 0.2) is 0 Å². The van der Waals surface area contributed by atoms with Crippen LogP contribution in [0.15, 0.2) is 0 Å². The number of ketones is 1. The van der Waals surface area contributed by atoms with Crippen LogP contribution in [0.1, 0.15) is 19.8 Å². The molecular weight excluding hydrogens is 190 g/mol. The van der Waals surface area contributed by atoms with Crippen LogP contribution in [0.2, 0.25) is 0 Å². The highest BCUT2D eigenvalue weighted by molar-refractivity contribution is 5.75. The molecule has 0 spiro atoms. The summed E-state index contributed by atoms with van der Waals surface area (Å²) in [5.41, 5.74) is -3.90. The third kappa shape index (κ3) is 3.01. The van der Waals surface area contributed by atoms with Crippen molar-refractivity contribution in [2.24, 2.45) is 0 Å². The molecule has 0 aromatic carbocycles. The van der Waals surface area contributed by atoms with Gasteiger partial charge in [-0.25, -0.2) is 4.39 Å². The average Bonchev–Trinajstić information content (AvgIpc) is 1.98. The van der Waals surface area contributed by atoms with Crippen LogP contribution >= 0.6 is 0 Å². The minimum absolute atomic E-state index is 0.530. The Morgan fingerprint density at radius 3 is 2.08 bits per heavy atom. The quantitative estimate of drug-likeness (QED) is 0.650. The van der Waals surface area contributed by atoms with Gasteiger partial charge in [-0.05, 0) is 6.92 Å². The van der Waals surface area contributed by atoms with Gasteiger partial charge in [0.1, 0.15) is 11.9 Å². The molecule has 0 aromatic heterocycles. The maximum Gasteiger partial charge on any atom is 0.436 e. The fourth-order valence-electron chi connectivity index (χ4n) is 0.609. The van der Waals surface area contributed by atoms with Crippen molar-refractivity contribution < 1.29 is 22.4 Å². The first-order valence-corrected chi connectivity index (χ1v) is 3.39. The molecule has 74 valence electrons. The molecule has 13 heavy (non-hydrogen) atoms. The molecule has 1 atom stereocenters. The van der Waals surface area contributed by atoms with Crippen LogP contribution in [0.5, 0.6) is 0 Å². The molecule has 0 aliphatic rings. The fourth-order valence-corrected chi connectivity index (χ4v) is 0.609. The Kier molecular flexibility index (Phi) is 3.41. The van der Waals surface area contributed by atoms with E-state index in [0.717, 1.165) is 6.92 Å². The van der Waals surface area contributed by atoms with Gasteiger partial charge in [0, 0.05) is 12.8 Å². The number of rotatable bonds is 3. The predicted molar refractivity (Wildman–Crippen MR) is 35.4 cm³/mol. The monoisotopic (exact) mass is 197 g/mol. The Balaban J connectivity index is 4.50. The smallest absolute Gasteiger partial charge is 0.300 e. The van der Waals surface area contributed by atoms with E-state index in [-0.39, 0.29) is 0 Å². The van der Waals surface area contributed by atoms with Gasteiger partial charge in [0.2, 0.25) is 0 Å². The van der Waals surface area contributed by atoms with Crippen LogP contribution in [0.3, 0.4) is 0 Å². The summed E-state index contributed by atoms with van der Waals surface area (Å²) in [5, 5.41) is 7.98. The largest absolute Gasteiger partial charge is 0.436 e. The van der Waals surface area contributed by atoms with E-state index in [1.807, 2.05) is 0 Å². The van der Waals surface area contributed by atoms with Gasteiger partial charge < -0.3 is 4.79 Å². The number of hydrogen-bond acceptors (Lipinski definition) is 2. The number of halogens is 4. The summed E-state index contributed by atoms with van der Waals surface area (Å²) in [4.78, 5) is 10.3. The van der Waals surface area contributed by atoms with Crippen molar-refractivity contribution in [2.45, 2.75) is 31.6 Å². The van der Waals surface area contributed by atoms with Crippen molar-refractivity contribution in [3.05, 3.63) is 0 Å². The summed E-state index contributed by atoms with van der Waals surface area (Å²) in [6.07, 6.45) is -6.97. The van der Waals surface area contributed by atoms with E-state index < -0.39 is 30.5 Å². The highest BCUT2D eigenvalue weighted by atomic mass is 19.4. The van der Waals surface area contributed by atoms with Crippen LogP contribution in [0.4, 0.5) is 17.6 Å². The zero-order chi connectivity index (χ0) is 10.7. The minimum atomic E-state index is -5.24. The summed E-state index contributed by atoms with van der Waals surface area (Å²) in [5.74, 6) is -0.582. The highest BCUT2D eigenvalue weighted by Gasteiger charge is 2.56. The molecule has 0 saturated heterocycles. The Morgan fingerprint density at radius 2 is 1.85 bits per heavy atom. The Morgan fingerprint density at radius 1 is 1.38 bits per heavy atom. The molecule has 0 N–H and O–H groups in total. The van der Waals surface area contributed by atoms with Crippen LogP contribution in [-0.2, 0) is 4.79 Å². The lowest BCUT2D eigenvalue weighted by Crippen LogP contribution is -2.39. The number of nitriles is 1. The molecular formula is C7H7F4NO. The highest BCUT2D eigenvalue weighted by Crippen LogP contribution is 2.36. The maximum atomic E-state index is 12.7. The minimum Gasteiger partial charge on any atom is -0.300 e. The summed E-state index contributed by atoms with van der Waals surface area (Å²) in [6, 6.07) is 0.530. The lowest BCUT2D eigenvalue weighted by molar-refractivity contribution is -0.210. The summed E-state index contributed by atoms with van der Waals surface area (Å²) in [6.45, 7) is 1.04. The molecule has 0 saturated carbocycles. The standard InChI is InChI=1S/C7H7F4NO/c1-5(13)2-3-6(8,4-12)7(9,10)11/h2-3H2,1H3. The number of alkyl halides is 4. The topological polar surface area (TPSA) is 40.9 Å². The Hall–Kier alpha value is -1.12. The fraction of sp³-hybridized carbons (Fsp3) is 0.714. The summed E-state index contributed by atoms with van der Waals surface area (Å²) >= 11 is 0. The zero-order valence-corrected chi connectivity index (χ0v) is 6.78. The second-order valence-electron chi connectivity index (χ2n) is 2.61. The van der Waals surface area contributed by atoms with E-state index in [9.17, 15) is 22.4 Å². The second-order valence-corrected chi connectivity index (χ2v) is 2.61. The third-order valence-electron chi connectivity index (χ3n) is 1.45. The van der Waals surface area contributed by atoms with Gasteiger partial charge in [0.25, 0.3) is 5.67 Å². The van der Waals surface area contributed by atoms with Gasteiger partial charge >= 0.3 is 6.18 Å². The van der Waals surface area contributed by atoms with Crippen LogP contribution < -0.4 is 0 Å². The van der Waals surface area contributed by atoms with Crippen molar-refractivity contribution in [3.8, 4) is 6.07 Å². The SMILES string of the molecule is CC(=O)CCC(F)(C#N)C(F)(F)F. The van der Waals surface area contributed by atoms with E-state index in [1.54, 1.807) is 0 Å². The molecule has 0 aliphatic carbocycles. The van der Waals surface area contributed by atoms with Gasteiger partial charge in [-0.15, -0.1) is 0 Å². The van der Waals surface area contributed by atoms with Crippen LogP contribution in [0.25, 0.3) is 0 Å². The van der Waals surface area contributed by atoms with Crippen LogP contribution in [-0.4, -0.2) is 17.6 Å². The van der Waals surface area contributed by atoms with Gasteiger partial charge in [-0.3, -0.25) is 0 Å². The molecule has 0 heterocycles. The van der Waals surface area contributed by atoms with E-state index in [4.69, 9.17) is 5.26 Å². The lowest BCUT2D eigenvalue weighted by Gasteiger charge is -2.19. The van der Waals surface area contributed by atoms with Crippen molar-refractivity contribution >= 4 is 5.78 Å². The first-order valence-electron chi connectivity index (χ1n) is 3.39. The predicted octanol–water partition coefficient (Wildman–Crippen LogP) is 2.15. The molecule has 0 radical (unpaired) electrons. The summed E-state index contributed by atoms with van der Waals surface area (Å²) in [7, 11) is 0. The van der Waals surface area contributed by atoms with E-state index in [1.165, 1.54) is 0 Å². The number of hydrogen-bond donors (Lipinski definition) is 0. The molecule has 0 aromatic rings. The number of nitrogens with zero attached hydrogens (tertiary/aromatic N) is 1. The van der Waals surface area contributed by atoms with Gasteiger partial charge in [-0.2, -0.15) is 18.4 Å². The number of carbonyl (C=O) groups is 1. The molecule has 2 nitrogen and oxygen atoms in total. The third-order valence-corrected chi connectivity index (χ3v) is 1.45.